The molecule has 2 aromatic carbocycles. The van der Waals surface area contributed by atoms with E-state index in [0.717, 1.165) is 24.0 Å². The van der Waals surface area contributed by atoms with Crippen LogP contribution >= 0.6 is 0 Å². The minimum absolute atomic E-state index is 0.0942. The summed E-state index contributed by atoms with van der Waals surface area (Å²) in [4.78, 5) is 24.5. The SMILES string of the molecule is CCCCCCC1(CCCCCC)c2cc(C(C)=O)ccc2-c2ccc(C(C)=O)cc21. The predicted molar refractivity (Wildman–Crippen MR) is 130 cm³/mol. The molecule has 3 rings (SSSR count). The number of benzene rings is 2. The normalized spacial score (nSPS) is 13.7. The van der Waals surface area contributed by atoms with Crippen molar-refractivity contribution in [2.24, 2.45) is 0 Å². The topological polar surface area (TPSA) is 34.1 Å². The molecular formula is C29H38O2. The van der Waals surface area contributed by atoms with E-state index >= 15 is 0 Å². The van der Waals surface area contributed by atoms with Gasteiger partial charge in [-0.3, -0.25) is 9.59 Å². The maximum atomic E-state index is 12.2. The number of fused-ring (bicyclic) bond motifs is 3. The predicted octanol–water partition coefficient (Wildman–Crippen LogP) is 8.30. The first kappa shape index (κ1) is 23.4. The van der Waals surface area contributed by atoms with Crippen LogP contribution in [0.4, 0.5) is 0 Å². The van der Waals surface area contributed by atoms with Gasteiger partial charge in [-0.25, -0.2) is 0 Å². The second kappa shape index (κ2) is 10.4. The van der Waals surface area contributed by atoms with Crippen LogP contribution < -0.4 is 0 Å². The zero-order valence-electron chi connectivity index (χ0n) is 19.9. The molecule has 0 unspecified atom stereocenters. The van der Waals surface area contributed by atoms with Gasteiger partial charge in [0.15, 0.2) is 11.6 Å². The Hall–Kier alpha value is -2.22. The fourth-order valence-corrected chi connectivity index (χ4v) is 5.30. The van der Waals surface area contributed by atoms with E-state index in [1.165, 1.54) is 73.6 Å². The summed E-state index contributed by atoms with van der Waals surface area (Å²) in [5, 5.41) is 0. The zero-order valence-corrected chi connectivity index (χ0v) is 19.9. The Kier molecular flexibility index (Phi) is 7.86. The van der Waals surface area contributed by atoms with Crippen LogP contribution in [-0.2, 0) is 5.41 Å². The van der Waals surface area contributed by atoms with E-state index in [2.05, 4.69) is 38.1 Å². The van der Waals surface area contributed by atoms with Gasteiger partial charge >= 0.3 is 0 Å². The maximum Gasteiger partial charge on any atom is 0.159 e. The van der Waals surface area contributed by atoms with Gasteiger partial charge in [0.1, 0.15) is 0 Å². The molecule has 0 aromatic heterocycles. The molecule has 2 heteroatoms. The minimum Gasteiger partial charge on any atom is -0.295 e. The Morgan fingerprint density at radius 2 is 1.06 bits per heavy atom. The van der Waals surface area contributed by atoms with Crippen LogP contribution in [0, 0.1) is 0 Å². The summed E-state index contributed by atoms with van der Waals surface area (Å²) in [6.07, 6.45) is 11.9. The summed E-state index contributed by atoms with van der Waals surface area (Å²) >= 11 is 0. The average molecular weight is 419 g/mol. The van der Waals surface area contributed by atoms with Crippen molar-refractivity contribution < 1.29 is 9.59 Å². The van der Waals surface area contributed by atoms with Crippen molar-refractivity contribution in [2.75, 3.05) is 0 Å². The third-order valence-electron chi connectivity index (χ3n) is 7.09. The van der Waals surface area contributed by atoms with Gasteiger partial charge in [0.2, 0.25) is 0 Å². The smallest absolute Gasteiger partial charge is 0.159 e. The van der Waals surface area contributed by atoms with Crippen molar-refractivity contribution in [3.05, 3.63) is 58.7 Å². The molecule has 0 spiro atoms. The van der Waals surface area contributed by atoms with Crippen LogP contribution in [-0.4, -0.2) is 11.6 Å². The number of rotatable bonds is 12. The molecule has 166 valence electrons. The highest BCUT2D eigenvalue weighted by Gasteiger charge is 2.42. The van der Waals surface area contributed by atoms with Crippen LogP contribution in [0.1, 0.15) is 124 Å². The van der Waals surface area contributed by atoms with E-state index < -0.39 is 0 Å². The Morgan fingerprint density at radius 3 is 1.42 bits per heavy atom. The lowest BCUT2D eigenvalue weighted by atomic mass is 9.70. The van der Waals surface area contributed by atoms with Gasteiger partial charge in [0, 0.05) is 16.5 Å². The maximum absolute atomic E-state index is 12.2. The van der Waals surface area contributed by atoms with Gasteiger partial charge in [-0.1, -0.05) is 89.5 Å². The lowest BCUT2D eigenvalue weighted by Crippen LogP contribution is -2.26. The summed E-state index contributed by atoms with van der Waals surface area (Å²) in [6.45, 7) is 7.81. The number of hydrogen-bond donors (Lipinski definition) is 0. The van der Waals surface area contributed by atoms with E-state index in [1.807, 2.05) is 12.1 Å². The van der Waals surface area contributed by atoms with Crippen LogP contribution in [0.15, 0.2) is 36.4 Å². The molecule has 2 aromatic rings. The van der Waals surface area contributed by atoms with Gasteiger partial charge in [-0.05, 0) is 61.1 Å². The summed E-state index contributed by atoms with van der Waals surface area (Å²) in [7, 11) is 0. The van der Waals surface area contributed by atoms with Crippen LogP contribution in [0.5, 0.6) is 0 Å². The fraction of sp³-hybridized carbons (Fsp3) is 0.517. The van der Waals surface area contributed by atoms with Gasteiger partial charge in [0.05, 0.1) is 0 Å². The lowest BCUT2D eigenvalue weighted by Gasteiger charge is -2.33. The quantitative estimate of drug-likeness (QED) is 0.256. The molecular weight excluding hydrogens is 380 g/mol. The van der Waals surface area contributed by atoms with E-state index in [9.17, 15) is 9.59 Å². The molecule has 0 saturated carbocycles. The zero-order chi connectivity index (χ0) is 22.4. The second-order valence-electron chi connectivity index (χ2n) is 9.34. The van der Waals surface area contributed by atoms with E-state index in [-0.39, 0.29) is 17.0 Å². The highest BCUT2D eigenvalue weighted by Crippen LogP contribution is 2.54. The molecule has 1 aliphatic carbocycles. The Bertz CT molecular complexity index is 860. The van der Waals surface area contributed by atoms with Crippen LogP contribution in [0.3, 0.4) is 0 Å². The first-order valence-electron chi connectivity index (χ1n) is 12.3. The van der Waals surface area contributed by atoms with E-state index in [0.29, 0.717) is 0 Å². The molecule has 0 amide bonds. The highest BCUT2D eigenvalue weighted by molar-refractivity contribution is 5.98. The monoisotopic (exact) mass is 418 g/mol. The number of carbonyl (C=O) groups excluding carboxylic acids is 2. The summed E-state index contributed by atoms with van der Waals surface area (Å²) < 4.78 is 0. The lowest BCUT2D eigenvalue weighted by molar-refractivity contribution is 0.100. The number of ketones is 2. The van der Waals surface area contributed by atoms with Crippen LogP contribution in [0.2, 0.25) is 0 Å². The van der Waals surface area contributed by atoms with Crippen molar-refractivity contribution in [2.45, 2.75) is 97.3 Å². The van der Waals surface area contributed by atoms with Crippen molar-refractivity contribution in [1.82, 2.24) is 0 Å². The van der Waals surface area contributed by atoms with Gasteiger partial charge < -0.3 is 0 Å². The number of hydrogen-bond acceptors (Lipinski definition) is 2. The summed E-state index contributed by atoms with van der Waals surface area (Å²) in [5.74, 6) is 0.239. The molecule has 1 aliphatic rings. The van der Waals surface area contributed by atoms with Crippen LogP contribution in [0.25, 0.3) is 11.1 Å². The first-order chi connectivity index (χ1) is 14.9. The van der Waals surface area contributed by atoms with E-state index in [1.54, 1.807) is 13.8 Å². The Morgan fingerprint density at radius 1 is 0.645 bits per heavy atom. The van der Waals surface area contributed by atoms with Gasteiger partial charge in [0.25, 0.3) is 0 Å². The molecule has 0 aliphatic heterocycles. The van der Waals surface area contributed by atoms with E-state index in [4.69, 9.17) is 0 Å². The molecule has 0 bridgehead atoms. The molecule has 31 heavy (non-hydrogen) atoms. The number of carbonyl (C=O) groups is 2. The standard InChI is InChI=1S/C29H38O2/c1-5-7-9-11-17-29(18-12-10-8-6-2)27-19-23(21(3)30)13-15-25(27)26-16-14-24(22(4)31)20-28(26)29/h13-16,19-20H,5-12,17-18H2,1-4H3. The van der Waals surface area contributed by atoms with Crippen molar-refractivity contribution >= 4 is 11.6 Å². The molecule has 0 N–H and O–H groups in total. The van der Waals surface area contributed by atoms with Gasteiger partial charge in [-0.15, -0.1) is 0 Å². The summed E-state index contributed by atoms with van der Waals surface area (Å²) in [5.41, 5.74) is 6.62. The van der Waals surface area contributed by atoms with Gasteiger partial charge in [-0.2, -0.15) is 0 Å². The van der Waals surface area contributed by atoms with Crippen molar-refractivity contribution in [3.63, 3.8) is 0 Å². The van der Waals surface area contributed by atoms with Crippen molar-refractivity contribution in [1.29, 1.82) is 0 Å². The Labute approximate surface area is 188 Å². The first-order valence-corrected chi connectivity index (χ1v) is 12.3. The third-order valence-corrected chi connectivity index (χ3v) is 7.09. The molecule has 0 heterocycles. The Balaban J connectivity index is 2.14. The molecule has 0 radical (unpaired) electrons. The number of Topliss-reactive ketones (excluding diaryl/α,β-unsaturated/α-hetero) is 2. The molecule has 0 fully saturated rings. The largest absolute Gasteiger partial charge is 0.295 e. The average Bonchev–Trinajstić information content (AvgIpc) is 3.03. The molecule has 2 nitrogen and oxygen atoms in total. The fourth-order valence-electron chi connectivity index (χ4n) is 5.30. The number of unbranched alkanes of at least 4 members (excludes halogenated alkanes) is 6. The molecule has 0 saturated heterocycles. The third kappa shape index (κ3) is 4.84. The highest BCUT2D eigenvalue weighted by atomic mass is 16.1. The second-order valence-corrected chi connectivity index (χ2v) is 9.34. The summed E-state index contributed by atoms with van der Waals surface area (Å²) in [6, 6.07) is 12.5. The van der Waals surface area contributed by atoms with Crippen molar-refractivity contribution in [3.8, 4) is 11.1 Å². The molecule has 0 atom stereocenters. The minimum atomic E-state index is -0.0942.